The van der Waals surface area contributed by atoms with Crippen molar-refractivity contribution >= 4 is 5.97 Å². The van der Waals surface area contributed by atoms with Crippen LogP contribution in [-0.4, -0.2) is 27.2 Å². The van der Waals surface area contributed by atoms with E-state index in [-0.39, 0.29) is 5.75 Å². The van der Waals surface area contributed by atoms with Gasteiger partial charge < -0.3 is 14.4 Å². The van der Waals surface area contributed by atoms with Crippen molar-refractivity contribution in [1.82, 2.24) is 9.55 Å². The lowest BCUT2D eigenvalue weighted by molar-refractivity contribution is 0.0686. The van der Waals surface area contributed by atoms with E-state index in [1.54, 1.807) is 12.5 Å². The van der Waals surface area contributed by atoms with Gasteiger partial charge in [-0.1, -0.05) is 6.07 Å². The van der Waals surface area contributed by atoms with Gasteiger partial charge in [0, 0.05) is 18.9 Å². The third-order valence-electron chi connectivity index (χ3n) is 2.57. The number of halogens is 1. The van der Waals surface area contributed by atoms with Crippen molar-refractivity contribution in [2.24, 2.45) is 0 Å². The van der Waals surface area contributed by atoms with Crippen LogP contribution < -0.4 is 4.74 Å². The Morgan fingerprint density at radius 1 is 1.47 bits per heavy atom. The second kappa shape index (κ2) is 5.99. The molecule has 0 bridgehead atoms. The molecule has 100 valence electrons. The van der Waals surface area contributed by atoms with Crippen molar-refractivity contribution in [1.29, 1.82) is 0 Å². The summed E-state index contributed by atoms with van der Waals surface area (Å²) in [7, 11) is 0. The highest BCUT2D eigenvalue weighted by molar-refractivity contribution is 5.91. The molecule has 2 aromatic rings. The summed E-state index contributed by atoms with van der Waals surface area (Å²) >= 11 is 0. The van der Waals surface area contributed by atoms with Gasteiger partial charge in [0.05, 0.1) is 12.9 Å². The quantitative estimate of drug-likeness (QED) is 0.812. The molecule has 6 heteroatoms. The molecule has 1 aromatic heterocycles. The molecule has 5 nitrogen and oxygen atoms in total. The van der Waals surface area contributed by atoms with Gasteiger partial charge >= 0.3 is 5.97 Å². The van der Waals surface area contributed by atoms with Crippen LogP contribution in [0.3, 0.4) is 0 Å². The SMILES string of the molecule is O=C(O)c1c(F)cccc1OCCCn1ccnc1. The van der Waals surface area contributed by atoms with Gasteiger partial charge in [0.25, 0.3) is 0 Å². The highest BCUT2D eigenvalue weighted by Gasteiger charge is 2.16. The van der Waals surface area contributed by atoms with Crippen molar-refractivity contribution in [3.05, 3.63) is 48.3 Å². The summed E-state index contributed by atoms with van der Waals surface area (Å²) in [5.74, 6) is -2.07. The molecule has 0 saturated carbocycles. The van der Waals surface area contributed by atoms with E-state index in [0.29, 0.717) is 19.6 Å². The molecular weight excluding hydrogens is 251 g/mol. The first-order valence-electron chi connectivity index (χ1n) is 5.79. The zero-order chi connectivity index (χ0) is 13.7. The molecule has 0 aliphatic rings. The Balaban J connectivity index is 1.92. The number of aryl methyl sites for hydroxylation is 1. The number of aromatic nitrogens is 2. The molecule has 2 rings (SSSR count). The van der Waals surface area contributed by atoms with Gasteiger partial charge in [0.15, 0.2) is 0 Å². The second-order valence-corrected chi connectivity index (χ2v) is 3.92. The van der Waals surface area contributed by atoms with Crippen LogP contribution in [0.5, 0.6) is 5.75 Å². The van der Waals surface area contributed by atoms with E-state index in [2.05, 4.69) is 4.98 Å². The third-order valence-corrected chi connectivity index (χ3v) is 2.57. The van der Waals surface area contributed by atoms with E-state index in [4.69, 9.17) is 9.84 Å². The lowest BCUT2D eigenvalue weighted by Crippen LogP contribution is -2.08. The lowest BCUT2D eigenvalue weighted by atomic mass is 10.2. The third kappa shape index (κ3) is 3.31. The second-order valence-electron chi connectivity index (χ2n) is 3.92. The molecule has 0 spiro atoms. The minimum absolute atomic E-state index is 0.0538. The Hall–Kier alpha value is -2.37. The Morgan fingerprint density at radius 3 is 3.00 bits per heavy atom. The van der Waals surface area contributed by atoms with E-state index in [1.807, 2.05) is 10.8 Å². The normalized spacial score (nSPS) is 10.4. The van der Waals surface area contributed by atoms with Crippen molar-refractivity contribution < 1.29 is 19.0 Å². The van der Waals surface area contributed by atoms with Crippen LogP contribution >= 0.6 is 0 Å². The fraction of sp³-hybridized carbons (Fsp3) is 0.231. The van der Waals surface area contributed by atoms with Gasteiger partial charge in [-0.3, -0.25) is 0 Å². The number of imidazole rings is 1. The van der Waals surface area contributed by atoms with Crippen LogP contribution in [0, 0.1) is 5.82 Å². The number of hydrogen-bond donors (Lipinski definition) is 1. The zero-order valence-corrected chi connectivity index (χ0v) is 10.1. The number of aromatic carboxylic acids is 1. The molecule has 1 N–H and O–H groups in total. The van der Waals surface area contributed by atoms with Crippen molar-refractivity contribution in [2.75, 3.05) is 6.61 Å². The summed E-state index contributed by atoms with van der Waals surface area (Å²) in [5.41, 5.74) is -0.426. The van der Waals surface area contributed by atoms with E-state index < -0.39 is 17.3 Å². The Kier molecular flexibility index (Phi) is 4.12. The molecule has 0 radical (unpaired) electrons. The zero-order valence-electron chi connectivity index (χ0n) is 10.1. The fourth-order valence-corrected chi connectivity index (χ4v) is 1.68. The number of hydrogen-bond acceptors (Lipinski definition) is 3. The summed E-state index contributed by atoms with van der Waals surface area (Å²) in [4.78, 5) is 14.8. The highest BCUT2D eigenvalue weighted by atomic mass is 19.1. The number of carboxylic acids is 1. The topological polar surface area (TPSA) is 64.3 Å². The van der Waals surface area contributed by atoms with Crippen LogP contribution in [0.1, 0.15) is 16.8 Å². The van der Waals surface area contributed by atoms with Crippen molar-refractivity contribution in [3.63, 3.8) is 0 Å². The first-order chi connectivity index (χ1) is 9.18. The standard InChI is InChI=1S/C13H13FN2O3/c14-10-3-1-4-11(12(10)13(17)18)19-8-2-6-16-7-5-15-9-16/h1,3-5,7,9H,2,6,8H2,(H,17,18). The summed E-state index contributed by atoms with van der Waals surface area (Å²) in [6.45, 7) is 1.01. The molecule has 1 aromatic carbocycles. The molecule has 0 atom stereocenters. The van der Waals surface area contributed by atoms with Crippen LogP contribution in [0.25, 0.3) is 0 Å². The first kappa shape index (κ1) is 13.1. The number of carboxylic acid groups (broad SMARTS) is 1. The average molecular weight is 264 g/mol. The maximum Gasteiger partial charge on any atom is 0.342 e. The molecule has 0 saturated heterocycles. The lowest BCUT2D eigenvalue weighted by Gasteiger charge is -2.09. The monoisotopic (exact) mass is 264 g/mol. The van der Waals surface area contributed by atoms with E-state index in [0.717, 1.165) is 6.07 Å². The fourth-order valence-electron chi connectivity index (χ4n) is 1.68. The Morgan fingerprint density at radius 2 is 2.32 bits per heavy atom. The highest BCUT2D eigenvalue weighted by Crippen LogP contribution is 2.21. The van der Waals surface area contributed by atoms with Crippen LogP contribution in [0.4, 0.5) is 4.39 Å². The molecule has 0 aliphatic heterocycles. The van der Waals surface area contributed by atoms with Crippen molar-refractivity contribution in [2.45, 2.75) is 13.0 Å². The van der Waals surface area contributed by atoms with Gasteiger partial charge in [-0.25, -0.2) is 14.2 Å². The summed E-state index contributed by atoms with van der Waals surface area (Å²) in [5, 5.41) is 8.92. The van der Waals surface area contributed by atoms with Crippen LogP contribution in [-0.2, 0) is 6.54 Å². The number of ether oxygens (including phenoxy) is 1. The molecule has 0 unspecified atom stereocenters. The van der Waals surface area contributed by atoms with Gasteiger partial charge in [-0.05, 0) is 18.6 Å². The molecule has 0 fully saturated rings. The van der Waals surface area contributed by atoms with E-state index in [1.165, 1.54) is 12.1 Å². The minimum Gasteiger partial charge on any atom is -0.493 e. The number of benzene rings is 1. The van der Waals surface area contributed by atoms with Gasteiger partial charge in [-0.15, -0.1) is 0 Å². The van der Waals surface area contributed by atoms with E-state index >= 15 is 0 Å². The van der Waals surface area contributed by atoms with Gasteiger partial charge in [-0.2, -0.15) is 0 Å². The molecule has 0 aliphatic carbocycles. The van der Waals surface area contributed by atoms with Gasteiger partial charge in [0.1, 0.15) is 17.1 Å². The number of carbonyl (C=O) groups is 1. The molecule has 0 amide bonds. The maximum atomic E-state index is 13.4. The van der Waals surface area contributed by atoms with E-state index in [9.17, 15) is 9.18 Å². The Labute approximate surface area is 109 Å². The summed E-state index contributed by atoms with van der Waals surface area (Å²) in [6.07, 6.45) is 5.86. The Bertz CT molecular complexity index is 555. The van der Waals surface area contributed by atoms with Gasteiger partial charge in [0.2, 0.25) is 0 Å². The summed E-state index contributed by atoms with van der Waals surface area (Å²) < 4.78 is 20.6. The average Bonchev–Trinajstić information content (AvgIpc) is 2.87. The first-order valence-corrected chi connectivity index (χ1v) is 5.79. The smallest absolute Gasteiger partial charge is 0.342 e. The van der Waals surface area contributed by atoms with Crippen LogP contribution in [0.2, 0.25) is 0 Å². The predicted molar refractivity (Wildman–Crippen MR) is 65.7 cm³/mol. The number of nitrogens with zero attached hydrogens (tertiary/aromatic N) is 2. The predicted octanol–water partition coefficient (Wildman–Crippen LogP) is 2.19. The largest absolute Gasteiger partial charge is 0.493 e. The maximum absolute atomic E-state index is 13.4. The molecule has 1 heterocycles. The molecular formula is C13H13FN2O3. The summed E-state index contributed by atoms with van der Waals surface area (Å²) in [6, 6.07) is 3.97. The minimum atomic E-state index is -1.33. The van der Waals surface area contributed by atoms with Crippen LogP contribution in [0.15, 0.2) is 36.9 Å². The molecule has 19 heavy (non-hydrogen) atoms. The van der Waals surface area contributed by atoms with Crippen molar-refractivity contribution in [3.8, 4) is 5.75 Å². The number of rotatable bonds is 6.